The fourth-order valence-corrected chi connectivity index (χ4v) is 4.10. The number of oxime groups is 1. The maximum absolute atomic E-state index is 14.1. The molecule has 0 spiro atoms. The van der Waals surface area contributed by atoms with Crippen LogP contribution in [-0.4, -0.2) is 24.0 Å². The maximum Gasteiger partial charge on any atom is 0.435 e. The van der Waals surface area contributed by atoms with Gasteiger partial charge in [-0.2, -0.15) is 13.2 Å². The third-order valence-corrected chi connectivity index (χ3v) is 5.52. The van der Waals surface area contributed by atoms with Gasteiger partial charge in [-0.3, -0.25) is 0 Å². The van der Waals surface area contributed by atoms with Crippen molar-refractivity contribution in [1.29, 1.82) is 0 Å². The first-order valence-corrected chi connectivity index (χ1v) is 9.30. The average molecular weight is 430 g/mol. The van der Waals surface area contributed by atoms with Crippen LogP contribution in [0.1, 0.15) is 23.1 Å². The summed E-state index contributed by atoms with van der Waals surface area (Å²) in [5.41, 5.74) is 0.276. The molecule has 9 heteroatoms. The van der Waals surface area contributed by atoms with E-state index < -0.39 is 18.2 Å². The van der Waals surface area contributed by atoms with E-state index in [9.17, 15) is 13.2 Å². The summed E-state index contributed by atoms with van der Waals surface area (Å²) in [7, 11) is 1.82. The Morgan fingerprint density at radius 2 is 1.75 bits per heavy atom. The van der Waals surface area contributed by atoms with E-state index in [1.807, 2.05) is 25.2 Å². The van der Waals surface area contributed by atoms with E-state index in [0.29, 0.717) is 13.1 Å². The number of fused-ring (bicyclic) bond motifs is 1. The molecule has 0 saturated carbocycles. The van der Waals surface area contributed by atoms with Gasteiger partial charge in [0.1, 0.15) is 5.84 Å². The molecular weight excluding hydrogens is 414 g/mol. The van der Waals surface area contributed by atoms with Crippen molar-refractivity contribution >= 4 is 34.7 Å². The minimum absolute atomic E-state index is 0.108. The molecule has 2 heterocycles. The summed E-state index contributed by atoms with van der Waals surface area (Å²) in [6, 6.07) is 9.70. The fraction of sp³-hybridized carbons (Fsp3) is 0.316. The molecule has 0 fully saturated rings. The van der Waals surface area contributed by atoms with Crippen LogP contribution in [0.3, 0.4) is 0 Å². The Bertz CT molecular complexity index is 944. The predicted molar refractivity (Wildman–Crippen MR) is 103 cm³/mol. The highest BCUT2D eigenvalue weighted by molar-refractivity contribution is 6.34. The summed E-state index contributed by atoms with van der Waals surface area (Å²) in [6.07, 6.45) is -5.14. The van der Waals surface area contributed by atoms with Gasteiger partial charge in [0.05, 0.1) is 6.42 Å². The third-order valence-electron chi connectivity index (χ3n) is 5.08. The second-order valence-electron chi connectivity index (χ2n) is 6.85. The molecule has 2 aliphatic rings. The number of nitrogens with one attached hydrogen (secondary N) is 1. The molecule has 1 N–H and O–H groups in total. The lowest BCUT2D eigenvalue weighted by Gasteiger charge is -2.30. The van der Waals surface area contributed by atoms with E-state index in [2.05, 4.69) is 10.5 Å². The van der Waals surface area contributed by atoms with E-state index in [4.69, 9.17) is 28.0 Å². The van der Waals surface area contributed by atoms with Crippen molar-refractivity contribution in [3.63, 3.8) is 0 Å². The Balaban J connectivity index is 1.63. The summed E-state index contributed by atoms with van der Waals surface area (Å²) in [4.78, 5) is 6.86. The van der Waals surface area contributed by atoms with Gasteiger partial charge in [0, 0.05) is 41.4 Å². The van der Waals surface area contributed by atoms with Crippen LogP contribution in [0.2, 0.25) is 10.0 Å². The summed E-state index contributed by atoms with van der Waals surface area (Å²) < 4.78 is 42.2. The van der Waals surface area contributed by atoms with E-state index in [-0.39, 0.29) is 21.4 Å². The smallest absolute Gasteiger partial charge is 0.388 e. The quantitative estimate of drug-likeness (QED) is 0.680. The van der Waals surface area contributed by atoms with Crippen molar-refractivity contribution in [3.05, 3.63) is 63.1 Å². The molecule has 4 rings (SSSR count). The van der Waals surface area contributed by atoms with E-state index in [0.717, 1.165) is 16.8 Å². The normalized spacial score (nSPS) is 21.4. The van der Waals surface area contributed by atoms with Crippen molar-refractivity contribution in [2.75, 3.05) is 12.4 Å². The van der Waals surface area contributed by atoms with Crippen LogP contribution < -0.4 is 5.32 Å². The Kier molecular flexibility index (Phi) is 4.62. The van der Waals surface area contributed by atoms with Crippen molar-refractivity contribution in [3.8, 4) is 0 Å². The molecule has 0 saturated heterocycles. The van der Waals surface area contributed by atoms with Crippen LogP contribution in [0.15, 0.2) is 41.6 Å². The Morgan fingerprint density at radius 3 is 2.39 bits per heavy atom. The Morgan fingerprint density at radius 1 is 1.07 bits per heavy atom. The second-order valence-corrected chi connectivity index (χ2v) is 7.72. The number of hydrogen-bond acceptors (Lipinski definition) is 4. The molecule has 0 amide bonds. The molecule has 2 aromatic rings. The van der Waals surface area contributed by atoms with Gasteiger partial charge >= 0.3 is 6.18 Å². The zero-order valence-electron chi connectivity index (χ0n) is 14.8. The van der Waals surface area contributed by atoms with Crippen molar-refractivity contribution in [2.24, 2.45) is 5.16 Å². The highest BCUT2D eigenvalue weighted by atomic mass is 35.5. The molecule has 0 radical (unpaired) electrons. The maximum atomic E-state index is 14.1. The first-order chi connectivity index (χ1) is 13.2. The standard InChI is InChI=1S/C19H16Cl2F3N3O/c1-25-16-3-2-11-9-27(10-12(11)4-16)17-8-18(28-26-17,19(22,23)24)13-5-14(20)7-15(21)6-13/h2-7,25H,8-10H2,1H3. The second kappa shape index (κ2) is 6.74. The highest BCUT2D eigenvalue weighted by Crippen LogP contribution is 2.49. The zero-order chi connectivity index (χ0) is 20.1. The molecule has 28 heavy (non-hydrogen) atoms. The van der Waals surface area contributed by atoms with Gasteiger partial charge in [-0.05, 0) is 41.5 Å². The molecule has 0 aromatic heterocycles. The lowest BCUT2D eigenvalue weighted by molar-refractivity contribution is -0.275. The summed E-state index contributed by atoms with van der Waals surface area (Å²) in [6.45, 7) is 0.947. The number of alkyl halides is 3. The lowest BCUT2D eigenvalue weighted by Crippen LogP contribution is -2.43. The van der Waals surface area contributed by atoms with Gasteiger partial charge in [-0.25, -0.2) is 0 Å². The molecule has 4 nitrogen and oxygen atoms in total. The molecule has 0 bridgehead atoms. The van der Waals surface area contributed by atoms with E-state index >= 15 is 0 Å². The van der Waals surface area contributed by atoms with Crippen LogP contribution in [-0.2, 0) is 23.5 Å². The van der Waals surface area contributed by atoms with Crippen LogP contribution in [0.5, 0.6) is 0 Å². The zero-order valence-corrected chi connectivity index (χ0v) is 16.3. The number of halogens is 5. The number of hydrogen-bond donors (Lipinski definition) is 1. The average Bonchev–Trinajstić information content (AvgIpc) is 3.24. The fourth-order valence-electron chi connectivity index (χ4n) is 3.58. The molecule has 2 aliphatic heterocycles. The van der Waals surface area contributed by atoms with E-state index in [1.165, 1.54) is 18.2 Å². The number of benzene rings is 2. The summed E-state index contributed by atoms with van der Waals surface area (Å²) in [5.74, 6) is 0.246. The number of nitrogens with zero attached hydrogens (tertiary/aromatic N) is 2. The molecule has 1 atom stereocenters. The molecule has 0 aliphatic carbocycles. The van der Waals surface area contributed by atoms with Crippen LogP contribution >= 0.6 is 23.2 Å². The van der Waals surface area contributed by atoms with Crippen molar-refractivity contribution in [1.82, 2.24) is 4.90 Å². The third kappa shape index (κ3) is 3.16. The number of rotatable bonds is 2. The molecule has 148 valence electrons. The first kappa shape index (κ1) is 19.2. The van der Waals surface area contributed by atoms with Gasteiger partial charge < -0.3 is 15.1 Å². The summed E-state index contributed by atoms with van der Waals surface area (Å²) >= 11 is 11.9. The van der Waals surface area contributed by atoms with Crippen molar-refractivity contribution < 1.29 is 18.0 Å². The topological polar surface area (TPSA) is 36.9 Å². The lowest BCUT2D eigenvalue weighted by atomic mass is 9.89. The minimum atomic E-state index is -4.70. The molecule has 1 unspecified atom stereocenters. The predicted octanol–water partition coefficient (Wildman–Crippen LogP) is 5.54. The number of amidine groups is 1. The SMILES string of the molecule is CNc1ccc2c(c1)CN(C1=NOC(c3cc(Cl)cc(Cl)c3)(C(F)(F)F)C1)C2. The van der Waals surface area contributed by atoms with Gasteiger partial charge in [0.2, 0.25) is 0 Å². The largest absolute Gasteiger partial charge is 0.435 e. The number of anilines is 1. The van der Waals surface area contributed by atoms with Crippen LogP contribution in [0.25, 0.3) is 0 Å². The van der Waals surface area contributed by atoms with Gasteiger partial charge in [-0.1, -0.05) is 34.4 Å². The van der Waals surface area contributed by atoms with Crippen molar-refractivity contribution in [2.45, 2.75) is 31.3 Å². The Labute approximate surface area is 169 Å². The minimum Gasteiger partial charge on any atom is -0.388 e. The van der Waals surface area contributed by atoms with E-state index in [1.54, 1.807) is 4.90 Å². The van der Waals surface area contributed by atoms with Crippen LogP contribution in [0, 0.1) is 0 Å². The highest BCUT2D eigenvalue weighted by Gasteiger charge is 2.63. The summed E-state index contributed by atoms with van der Waals surface area (Å²) in [5, 5.41) is 7.09. The molecule has 2 aromatic carbocycles. The van der Waals surface area contributed by atoms with Gasteiger partial charge in [-0.15, -0.1) is 0 Å². The van der Waals surface area contributed by atoms with Crippen LogP contribution in [0.4, 0.5) is 18.9 Å². The Hall–Kier alpha value is -2.12. The molecular formula is C19H16Cl2F3N3O. The van der Waals surface area contributed by atoms with Gasteiger partial charge in [0.25, 0.3) is 5.60 Å². The monoisotopic (exact) mass is 429 g/mol. The first-order valence-electron chi connectivity index (χ1n) is 8.55. The van der Waals surface area contributed by atoms with Gasteiger partial charge in [0.15, 0.2) is 0 Å².